The third-order valence-electron chi connectivity index (χ3n) is 2.95. The van der Waals surface area contributed by atoms with Crippen molar-refractivity contribution in [1.29, 1.82) is 0 Å². The summed E-state index contributed by atoms with van der Waals surface area (Å²) in [4.78, 5) is 21.1. The van der Waals surface area contributed by atoms with E-state index in [1.165, 1.54) is 11.3 Å². The van der Waals surface area contributed by atoms with E-state index in [1.54, 1.807) is 19.5 Å². The molecule has 0 atom stereocenters. The number of carbonyl (C=O) groups is 1. The molecule has 0 aliphatic rings. The third kappa shape index (κ3) is 2.97. The summed E-state index contributed by atoms with van der Waals surface area (Å²) in [6.45, 7) is 1.80. The maximum absolute atomic E-state index is 12.1. The third-order valence-corrected chi connectivity index (χ3v) is 4.50. The zero-order valence-corrected chi connectivity index (χ0v) is 13.5. The van der Waals surface area contributed by atoms with Gasteiger partial charge in [-0.05, 0) is 31.2 Å². The molecule has 3 aromatic rings. The molecule has 3 rings (SSSR count). The van der Waals surface area contributed by atoms with Gasteiger partial charge in [0.15, 0.2) is 5.82 Å². The van der Waals surface area contributed by atoms with E-state index >= 15 is 0 Å². The number of methoxy groups -OCH3 is 1. The first-order valence-electron chi connectivity index (χ1n) is 6.37. The second-order valence-electron chi connectivity index (χ2n) is 4.37. The standard InChI is InChI=1S/C14H12N4O2S2/c1-8-11(21-7-15-8)13(19)17-14-16-12(18-22-14)9-3-5-10(20-2)6-4-9/h3-7H,1-2H3,(H,16,17,18,19). The molecule has 0 saturated heterocycles. The van der Waals surface area contributed by atoms with Gasteiger partial charge in [0.2, 0.25) is 5.13 Å². The van der Waals surface area contributed by atoms with Crippen LogP contribution in [0.2, 0.25) is 0 Å². The first-order valence-corrected chi connectivity index (χ1v) is 8.02. The van der Waals surface area contributed by atoms with Gasteiger partial charge in [-0.25, -0.2) is 4.98 Å². The van der Waals surface area contributed by atoms with Crippen LogP contribution in [0.5, 0.6) is 5.75 Å². The number of hydrogen-bond donors (Lipinski definition) is 1. The number of rotatable bonds is 4. The molecule has 6 nitrogen and oxygen atoms in total. The zero-order chi connectivity index (χ0) is 15.5. The predicted molar refractivity (Wildman–Crippen MR) is 86.7 cm³/mol. The highest BCUT2D eigenvalue weighted by Crippen LogP contribution is 2.24. The lowest BCUT2D eigenvalue weighted by molar-refractivity contribution is 0.103. The summed E-state index contributed by atoms with van der Waals surface area (Å²) in [5, 5.41) is 3.21. The molecular weight excluding hydrogens is 320 g/mol. The minimum Gasteiger partial charge on any atom is -0.497 e. The van der Waals surface area contributed by atoms with Crippen molar-refractivity contribution >= 4 is 33.9 Å². The van der Waals surface area contributed by atoms with E-state index in [-0.39, 0.29) is 5.91 Å². The van der Waals surface area contributed by atoms with Gasteiger partial charge in [-0.3, -0.25) is 10.1 Å². The lowest BCUT2D eigenvalue weighted by atomic mass is 10.2. The number of nitrogens with one attached hydrogen (secondary N) is 1. The van der Waals surface area contributed by atoms with Gasteiger partial charge >= 0.3 is 0 Å². The summed E-state index contributed by atoms with van der Waals surface area (Å²) < 4.78 is 9.38. The number of nitrogens with zero attached hydrogens (tertiary/aromatic N) is 3. The summed E-state index contributed by atoms with van der Waals surface area (Å²) in [5.74, 6) is 1.13. The Kier molecular flexibility index (Phi) is 4.12. The van der Waals surface area contributed by atoms with Crippen LogP contribution in [-0.4, -0.2) is 27.4 Å². The zero-order valence-electron chi connectivity index (χ0n) is 11.9. The summed E-state index contributed by atoms with van der Waals surface area (Å²) >= 11 is 2.45. The van der Waals surface area contributed by atoms with Crippen molar-refractivity contribution in [1.82, 2.24) is 14.3 Å². The SMILES string of the molecule is COc1ccc(-c2nsc(NC(=O)c3scnc3C)n2)cc1. The largest absolute Gasteiger partial charge is 0.497 e. The van der Waals surface area contributed by atoms with Crippen LogP contribution < -0.4 is 10.1 Å². The van der Waals surface area contributed by atoms with Crippen LogP contribution in [0.25, 0.3) is 11.4 Å². The minimum absolute atomic E-state index is 0.211. The van der Waals surface area contributed by atoms with Crippen LogP contribution in [0.15, 0.2) is 29.8 Å². The van der Waals surface area contributed by atoms with Gasteiger partial charge in [0.1, 0.15) is 10.6 Å². The lowest BCUT2D eigenvalue weighted by Crippen LogP contribution is -2.11. The van der Waals surface area contributed by atoms with Crippen LogP contribution in [0, 0.1) is 6.92 Å². The van der Waals surface area contributed by atoms with Crippen molar-refractivity contribution in [2.45, 2.75) is 6.92 Å². The van der Waals surface area contributed by atoms with Gasteiger partial charge in [0, 0.05) is 17.1 Å². The van der Waals surface area contributed by atoms with Crippen molar-refractivity contribution in [3.63, 3.8) is 0 Å². The fraction of sp³-hybridized carbons (Fsp3) is 0.143. The highest BCUT2D eigenvalue weighted by molar-refractivity contribution is 7.12. The Morgan fingerprint density at radius 3 is 2.68 bits per heavy atom. The fourth-order valence-corrected chi connectivity index (χ4v) is 3.09. The Labute approximate surface area is 135 Å². The molecule has 0 spiro atoms. The Bertz CT molecular complexity index is 795. The number of carbonyl (C=O) groups excluding carboxylic acids is 1. The van der Waals surface area contributed by atoms with Gasteiger partial charge in [0.25, 0.3) is 5.91 Å². The van der Waals surface area contributed by atoms with Crippen molar-refractivity contribution in [2.75, 3.05) is 12.4 Å². The molecule has 1 aromatic carbocycles. The van der Waals surface area contributed by atoms with E-state index in [0.717, 1.165) is 22.8 Å². The monoisotopic (exact) mass is 332 g/mol. The highest BCUT2D eigenvalue weighted by atomic mass is 32.1. The molecule has 0 bridgehead atoms. The molecule has 8 heteroatoms. The van der Waals surface area contributed by atoms with Gasteiger partial charge < -0.3 is 4.74 Å². The van der Waals surface area contributed by atoms with Crippen molar-refractivity contribution < 1.29 is 9.53 Å². The Balaban J connectivity index is 1.76. The quantitative estimate of drug-likeness (QED) is 0.794. The second kappa shape index (κ2) is 6.20. The summed E-state index contributed by atoms with van der Waals surface area (Å²) in [6, 6.07) is 7.43. The Morgan fingerprint density at radius 2 is 2.05 bits per heavy atom. The van der Waals surface area contributed by atoms with E-state index in [4.69, 9.17) is 4.74 Å². The van der Waals surface area contributed by atoms with Crippen molar-refractivity contribution in [2.24, 2.45) is 0 Å². The molecule has 2 aromatic heterocycles. The van der Waals surface area contributed by atoms with Gasteiger partial charge in [-0.15, -0.1) is 11.3 Å². The van der Waals surface area contributed by atoms with Gasteiger partial charge in [0.05, 0.1) is 18.3 Å². The molecule has 2 heterocycles. The molecule has 22 heavy (non-hydrogen) atoms. The maximum atomic E-state index is 12.1. The number of hydrogen-bond acceptors (Lipinski definition) is 7. The maximum Gasteiger partial charge on any atom is 0.269 e. The van der Waals surface area contributed by atoms with Crippen LogP contribution >= 0.6 is 22.9 Å². The number of aryl methyl sites for hydroxylation is 1. The summed E-state index contributed by atoms with van der Waals surface area (Å²) in [6.07, 6.45) is 0. The normalized spacial score (nSPS) is 10.5. The number of anilines is 1. The lowest BCUT2D eigenvalue weighted by Gasteiger charge is -2.00. The fourth-order valence-electron chi connectivity index (χ4n) is 1.81. The molecule has 1 amide bonds. The first-order chi connectivity index (χ1) is 10.7. The molecular formula is C14H12N4O2S2. The molecule has 0 radical (unpaired) electrons. The average Bonchev–Trinajstić information content (AvgIpc) is 3.16. The van der Waals surface area contributed by atoms with Gasteiger partial charge in [-0.1, -0.05) is 0 Å². The predicted octanol–water partition coefficient (Wildman–Crippen LogP) is 3.23. The van der Waals surface area contributed by atoms with Crippen LogP contribution in [0.1, 0.15) is 15.4 Å². The number of amides is 1. The second-order valence-corrected chi connectivity index (χ2v) is 5.98. The van der Waals surface area contributed by atoms with Crippen LogP contribution in [0.4, 0.5) is 5.13 Å². The number of thiazole rings is 1. The van der Waals surface area contributed by atoms with E-state index in [1.807, 2.05) is 24.3 Å². The van der Waals surface area contributed by atoms with Crippen LogP contribution in [0.3, 0.4) is 0 Å². The molecule has 0 saturated carbocycles. The average molecular weight is 332 g/mol. The molecule has 0 fully saturated rings. The summed E-state index contributed by atoms with van der Waals surface area (Å²) in [7, 11) is 1.62. The van der Waals surface area contributed by atoms with Crippen molar-refractivity contribution in [3.8, 4) is 17.1 Å². The molecule has 112 valence electrons. The van der Waals surface area contributed by atoms with Crippen molar-refractivity contribution in [3.05, 3.63) is 40.3 Å². The summed E-state index contributed by atoms with van der Waals surface area (Å²) in [5.41, 5.74) is 3.22. The number of ether oxygens (including phenoxy) is 1. The molecule has 0 aliphatic carbocycles. The molecule has 0 aliphatic heterocycles. The smallest absolute Gasteiger partial charge is 0.269 e. The van der Waals surface area contributed by atoms with E-state index in [2.05, 4.69) is 19.7 Å². The molecule has 0 unspecified atom stereocenters. The van der Waals surface area contributed by atoms with E-state index < -0.39 is 0 Å². The number of benzene rings is 1. The number of aromatic nitrogens is 3. The highest BCUT2D eigenvalue weighted by Gasteiger charge is 2.14. The van der Waals surface area contributed by atoms with E-state index in [0.29, 0.717) is 21.5 Å². The first kappa shape index (κ1) is 14.6. The van der Waals surface area contributed by atoms with Gasteiger partial charge in [-0.2, -0.15) is 9.36 Å². The molecule has 1 N–H and O–H groups in total. The Morgan fingerprint density at radius 1 is 1.27 bits per heavy atom. The van der Waals surface area contributed by atoms with Crippen LogP contribution in [-0.2, 0) is 0 Å². The Hall–Kier alpha value is -2.32. The minimum atomic E-state index is -0.211. The van der Waals surface area contributed by atoms with E-state index in [9.17, 15) is 4.79 Å². The topological polar surface area (TPSA) is 77.0 Å².